The van der Waals surface area contributed by atoms with Crippen LogP contribution in [0.1, 0.15) is 38.4 Å². The lowest BCUT2D eigenvalue weighted by Crippen LogP contribution is -2.27. The topological polar surface area (TPSA) is 66.6 Å². The Balaban J connectivity index is 2.43. The van der Waals surface area contributed by atoms with Crippen molar-refractivity contribution in [1.29, 1.82) is 0 Å². The van der Waals surface area contributed by atoms with Gasteiger partial charge in [0.2, 0.25) is 0 Å². The monoisotopic (exact) mass is 250 g/mol. The van der Waals surface area contributed by atoms with Gasteiger partial charge in [-0.1, -0.05) is 6.07 Å². The largest absolute Gasteiger partial charge is 0.389 e. The van der Waals surface area contributed by atoms with E-state index in [1.165, 1.54) is 6.07 Å². The van der Waals surface area contributed by atoms with E-state index in [9.17, 15) is 15.2 Å². The van der Waals surface area contributed by atoms with Gasteiger partial charge < -0.3 is 10.0 Å². The summed E-state index contributed by atoms with van der Waals surface area (Å²) in [6.07, 6.45) is 1.44. The number of aliphatic hydroxyl groups excluding tert-OH is 1. The number of hydrogen-bond acceptors (Lipinski definition) is 4. The number of nitro benzene ring substituents is 1. The van der Waals surface area contributed by atoms with Crippen LogP contribution in [-0.4, -0.2) is 22.6 Å². The Bertz CT molecular complexity index is 460. The van der Waals surface area contributed by atoms with E-state index in [1.807, 2.05) is 0 Å². The van der Waals surface area contributed by atoms with Gasteiger partial charge in [0, 0.05) is 18.7 Å². The Hall–Kier alpha value is -1.62. The molecule has 1 fully saturated rings. The predicted octanol–water partition coefficient (Wildman–Crippen LogP) is 2.64. The molecule has 0 amide bonds. The molecule has 5 heteroatoms. The van der Waals surface area contributed by atoms with Crippen LogP contribution in [0.25, 0.3) is 0 Å². The molecule has 1 aromatic carbocycles. The summed E-state index contributed by atoms with van der Waals surface area (Å²) in [7, 11) is 0. The zero-order chi connectivity index (χ0) is 13.3. The number of hydrogen-bond donors (Lipinski definition) is 1. The summed E-state index contributed by atoms with van der Waals surface area (Å²) in [6.45, 7) is 4.55. The summed E-state index contributed by atoms with van der Waals surface area (Å²) in [5.41, 5.74) is 1.33. The minimum atomic E-state index is -0.686. The van der Waals surface area contributed by atoms with Crippen molar-refractivity contribution in [1.82, 2.24) is 0 Å². The second-order valence-corrected chi connectivity index (χ2v) is 4.87. The van der Waals surface area contributed by atoms with E-state index in [4.69, 9.17) is 0 Å². The fourth-order valence-corrected chi connectivity index (χ4v) is 2.48. The van der Waals surface area contributed by atoms with Crippen LogP contribution in [0.5, 0.6) is 0 Å². The number of benzene rings is 1. The van der Waals surface area contributed by atoms with Crippen molar-refractivity contribution >= 4 is 11.4 Å². The highest BCUT2D eigenvalue weighted by Crippen LogP contribution is 2.35. The van der Waals surface area contributed by atoms with Gasteiger partial charge in [-0.05, 0) is 38.3 Å². The van der Waals surface area contributed by atoms with Gasteiger partial charge in [-0.25, -0.2) is 0 Å². The molecule has 0 aromatic heterocycles. The maximum atomic E-state index is 11.2. The first-order valence-corrected chi connectivity index (χ1v) is 6.23. The molecule has 1 aliphatic heterocycles. The third-order valence-electron chi connectivity index (χ3n) is 3.54. The van der Waals surface area contributed by atoms with E-state index in [1.54, 1.807) is 19.1 Å². The van der Waals surface area contributed by atoms with Crippen molar-refractivity contribution in [3.63, 3.8) is 0 Å². The zero-order valence-electron chi connectivity index (χ0n) is 10.7. The van der Waals surface area contributed by atoms with Gasteiger partial charge in [-0.2, -0.15) is 0 Å². The van der Waals surface area contributed by atoms with Gasteiger partial charge in [-0.3, -0.25) is 10.1 Å². The van der Waals surface area contributed by atoms with E-state index in [0.29, 0.717) is 17.3 Å². The van der Waals surface area contributed by atoms with E-state index in [-0.39, 0.29) is 10.6 Å². The molecular formula is C13H18N2O3. The fourth-order valence-electron chi connectivity index (χ4n) is 2.48. The SMILES string of the molecule is CC(O)c1ccc(N2CCCC2C)c([N+](=O)[O-])c1. The van der Waals surface area contributed by atoms with E-state index in [2.05, 4.69) is 11.8 Å². The van der Waals surface area contributed by atoms with Gasteiger partial charge in [0.25, 0.3) is 5.69 Å². The summed E-state index contributed by atoms with van der Waals surface area (Å²) in [4.78, 5) is 12.9. The van der Waals surface area contributed by atoms with Crippen LogP contribution in [0.2, 0.25) is 0 Å². The second-order valence-electron chi connectivity index (χ2n) is 4.87. The predicted molar refractivity (Wildman–Crippen MR) is 69.8 cm³/mol. The number of anilines is 1. The van der Waals surface area contributed by atoms with Crippen molar-refractivity contribution in [2.24, 2.45) is 0 Å². The quantitative estimate of drug-likeness (QED) is 0.661. The summed E-state index contributed by atoms with van der Waals surface area (Å²) in [5.74, 6) is 0. The Kier molecular flexibility index (Phi) is 3.52. The van der Waals surface area contributed by atoms with Crippen molar-refractivity contribution in [2.75, 3.05) is 11.4 Å². The Morgan fingerprint density at radius 1 is 1.56 bits per heavy atom. The second kappa shape index (κ2) is 4.94. The zero-order valence-corrected chi connectivity index (χ0v) is 10.7. The van der Waals surface area contributed by atoms with E-state index < -0.39 is 6.10 Å². The molecule has 0 radical (unpaired) electrons. The summed E-state index contributed by atoms with van der Waals surface area (Å²) in [6, 6.07) is 5.33. The molecule has 5 nitrogen and oxygen atoms in total. The van der Waals surface area contributed by atoms with Gasteiger partial charge in [0.15, 0.2) is 0 Å². The molecule has 0 saturated carbocycles. The highest BCUT2D eigenvalue weighted by atomic mass is 16.6. The Morgan fingerprint density at radius 2 is 2.28 bits per heavy atom. The summed E-state index contributed by atoms with van der Waals surface area (Å²) >= 11 is 0. The van der Waals surface area contributed by atoms with Crippen molar-refractivity contribution in [3.8, 4) is 0 Å². The van der Waals surface area contributed by atoms with Crippen LogP contribution in [0.3, 0.4) is 0 Å². The van der Waals surface area contributed by atoms with Gasteiger partial charge >= 0.3 is 0 Å². The molecular weight excluding hydrogens is 232 g/mol. The van der Waals surface area contributed by atoms with Gasteiger partial charge in [-0.15, -0.1) is 0 Å². The standard InChI is InChI=1S/C13H18N2O3/c1-9-4-3-7-14(9)12-6-5-11(10(2)16)8-13(12)15(17)18/h5-6,8-10,16H,3-4,7H2,1-2H3. The number of nitro groups is 1. The smallest absolute Gasteiger partial charge is 0.292 e. The molecule has 2 unspecified atom stereocenters. The maximum Gasteiger partial charge on any atom is 0.292 e. The molecule has 2 atom stereocenters. The molecule has 0 bridgehead atoms. The molecule has 0 aliphatic carbocycles. The normalized spacial score (nSPS) is 21.1. The van der Waals surface area contributed by atoms with Crippen LogP contribution in [0.4, 0.5) is 11.4 Å². The molecule has 1 aliphatic rings. The lowest BCUT2D eigenvalue weighted by molar-refractivity contribution is -0.384. The first kappa shape index (κ1) is 12.8. The van der Waals surface area contributed by atoms with Gasteiger partial charge in [0.05, 0.1) is 11.0 Å². The van der Waals surface area contributed by atoms with Crippen LogP contribution >= 0.6 is 0 Å². The molecule has 0 spiro atoms. The molecule has 1 aromatic rings. The number of aliphatic hydroxyl groups is 1. The molecule has 1 heterocycles. The van der Waals surface area contributed by atoms with Crippen molar-refractivity contribution in [2.45, 2.75) is 38.8 Å². The Morgan fingerprint density at radius 3 is 2.78 bits per heavy atom. The number of rotatable bonds is 3. The third-order valence-corrected chi connectivity index (χ3v) is 3.54. The summed E-state index contributed by atoms with van der Waals surface area (Å²) in [5, 5.41) is 20.7. The number of nitrogens with zero attached hydrogens (tertiary/aromatic N) is 2. The van der Waals surface area contributed by atoms with Crippen LogP contribution in [0, 0.1) is 10.1 Å². The van der Waals surface area contributed by atoms with Gasteiger partial charge in [0.1, 0.15) is 5.69 Å². The van der Waals surface area contributed by atoms with E-state index in [0.717, 1.165) is 19.4 Å². The molecule has 2 rings (SSSR count). The lowest BCUT2D eigenvalue weighted by Gasteiger charge is -2.23. The minimum absolute atomic E-state index is 0.0853. The summed E-state index contributed by atoms with van der Waals surface area (Å²) < 4.78 is 0. The first-order valence-electron chi connectivity index (χ1n) is 6.23. The highest BCUT2D eigenvalue weighted by Gasteiger charge is 2.27. The van der Waals surface area contributed by atoms with Crippen LogP contribution in [0.15, 0.2) is 18.2 Å². The molecule has 98 valence electrons. The molecule has 18 heavy (non-hydrogen) atoms. The fraction of sp³-hybridized carbons (Fsp3) is 0.538. The minimum Gasteiger partial charge on any atom is -0.389 e. The average Bonchev–Trinajstić information content (AvgIpc) is 2.74. The van der Waals surface area contributed by atoms with Crippen LogP contribution < -0.4 is 4.90 Å². The average molecular weight is 250 g/mol. The highest BCUT2D eigenvalue weighted by molar-refractivity contribution is 5.65. The molecule has 1 N–H and O–H groups in total. The first-order chi connectivity index (χ1) is 8.50. The lowest BCUT2D eigenvalue weighted by atomic mass is 10.1. The van der Waals surface area contributed by atoms with E-state index >= 15 is 0 Å². The van der Waals surface area contributed by atoms with Crippen molar-refractivity contribution in [3.05, 3.63) is 33.9 Å². The van der Waals surface area contributed by atoms with Crippen LogP contribution in [-0.2, 0) is 0 Å². The Labute approximate surface area is 106 Å². The molecule has 1 saturated heterocycles. The van der Waals surface area contributed by atoms with Crippen molar-refractivity contribution < 1.29 is 10.0 Å². The maximum absolute atomic E-state index is 11.2. The third kappa shape index (κ3) is 2.31.